The molecule has 4 nitrogen and oxygen atoms in total. The molecule has 2 aliphatic rings. The first-order valence-electron chi connectivity index (χ1n) is 15.5. The monoisotopic (exact) mass is 589 g/mol. The number of ether oxygens (including phenoxy) is 1. The molecule has 9 rings (SSSR count). The summed E-state index contributed by atoms with van der Waals surface area (Å²) in [6.45, 7) is 0. The van der Waals surface area contributed by atoms with Gasteiger partial charge in [-0.05, 0) is 41.5 Å². The fraction of sp³-hybridized carbons (Fsp3) is 0.0476. The summed E-state index contributed by atoms with van der Waals surface area (Å²) in [5.74, 6) is 2.29. The molecule has 0 fully saturated rings. The molecule has 46 heavy (non-hydrogen) atoms. The number of rotatable bonds is 4. The van der Waals surface area contributed by atoms with Crippen molar-refractivity contribution in [3.63, 3.8) is 0 Å². The van der Waals surface area contributed by atoms with Gasteiger partial charge in [0.25, 0.3) is 0 Å². The predicted molar refractivity (Wildman–Crippen MR) is 184 cm³/mol. The summed E-state index contributed by atoms with van der Waals surface area (Å²) in [5.41, 5.74) is 9.31. The number of hydrogen-bond acceptors (Lipinski definition) is 3. The number of allylic oxidation sites excluding steroid dienone is 2. The van der Waals surface area contributed by atoms with E-state index in [2.05, 4.69) is 126 Å². The molecule has 0 spiro atoms. The van der Waals surface area contributed by atoms with Crippen LogP contribution in [0.2, 0.25) is 0 Å². The van der Waals surface area contributed by atoms with Crippen molar-refractivity contribution in [3.8, 4) is 56.6 Å². The number of hydrogen-bond donors (Lipinski definition) is 0. The van der Waals surface area contributed by atoms with E-state index in [-0.39, 0.29) is 12.0 Å². The van der Waals surface area contributed by atoms with Gasteiger partial charge < -0.3 is 4.74 Å². The lowest BCUT2D eigenvalue weighted by atomic mass is 9.87. The first-order chi connectivity index (χ1) is 22.8. The molecule has 1 aliphatic heterocycles. The van der Waals surface area contributed by atoms with Gasteiger partial charge in [-0.3, -0.25) is 4.57 Å². The largest absolute Gasteiger partial charge is 0.485 e. The van der Waals surface area contributed by atoms with Crippen LogP contribution in [0, 0.1) is 12.1 Å². The highest BCUT2D eigenvalue weighted by Gasteiger charge is 2.36. The summed E-state index contributed by atoms with van der Waals surface area (Å²) in [7, 11) is 0. The maximum Gasteiger partial charge on any atom is 0.162 e. The van der Waals surface area contributed by atoms with Crippen LogP contribution in [0.4, 0.5) is 0 Å². The van der Waals surface area contributed by atoms with Crippen LogP contribution < -0.4 is 4.74 Å². The van der Waals surface area contributed by atoms with Crippen molar-refractivity contribution in [3.05, 3.63) is 169 Å². The Hall–Kier alpha value is -6.18. The minimum Gasteiger partial charge on any atom is -0.485 e. The Bertz CT molecular complexity index is 2230. The molecule has 7 aromatic rings. The molecule has 3 heterocycles. The summed E-state index contributed by atoms with van der Waals surface area (Å²) >= 11 is 0. The molecule has 0 bridgehead atoms. The molecule has 216 valence electrons. The highest BCUT2D eigenvalue weighted by molar-refractivity contribution is 6.03. The van der Waals surface area contributed by atoms with Crippen molar-refractivity contribution in [2.45, 2.75) is 12.0 Å². The third kappa shape index (κ3) is 4.25. The SMILES string of the molecule is c1cccc(-c2cc(-n3c4c(c5cccc(-c6ccccc6)c53)C3C=CC=CC3Oc3ccccc3-4)nc(-c3ccccc3)n2)c#1. The molecule has 4 heteroatoms. The normalized spacial score (nSPS) is 16.1. The Balaban J connectivity index is 1.45. The van der Waals surface area contributed by atoms with Crippen LogP contribution in [0.3, 0.4) is 0 Å². The van der Waals surface area contributed by atoms with E-state index in [0.29, 0.717) is 5.82 Å². The van der Waals surface area contributed by atoms with Crippen LogP contribution in [0.1, 0.15) is 11.5 Å². The van der Waals surface area contributed by atoms with Crippen LogP contribution in [0.15, 0.2) is 152 Å². The quantitative estimate of drug-likeness (QED) is 0.205. The summed E-state index contributed by atoms with van der Waals surface area (Å²) < 4.78 is 9.09. The fourth-order valence-corrected chi connectivity index (χ4v) is 6.82. The van der Waals surface area contributed by atoms with Crippen LogP contribution in [0.5, 0.6) is 5.75 Å². The van der Waals surface area contributed by atoms with Crippen molar-refractivity contribution in [1.29, 1.82) is 0 Å². The van der Waals surface area contributed by atoms with Crippen LogP contribution in [0.25, 0.3) is 61.8 Å². The highest BCUT2D eigenvalue weighted by Crippen LogP contribution is 2.50. The van der Waals surface area contributed by atoms with Gasteiger partial charge in [0, 0.05) is 34.1 Å². The summed E-state index contributed by atoms with van der Waals surface area (Å²) in [4.78, 5) is 10.4. The Morgan fingerprint density at radius 2 is 1.43 bits per heavy atom. The Kier molecular flexibility index (Phi) is 6.14. The van der Waals surface area contributed by atoms with Gasteiger partial charge in [-0.25, -0.2) is 9.97 Å². The van der Waals surface area contributed by atoms with E-state index in [1.54, 1.807) is 0 Å². The lowest BCUT2D eigenvalue weighted by Crippen LogP contribution is -2.22. The predicted octanol–water partition coefficient (Wildman–Crippen LogP) is 9.66. The third-order valence-electron chi connectivity index (χ3n) is 8.84. The Labute approximate surface area is 267 Å². The Morgan fingerprint density at radius 3 is 2.26 bits per heavy atom. The van der Waals surface area contributed by atoms with E-state index in [1.807, 2.05) is 42.5 Å². The van der Waals surface area contributed by atoms with Crippen molar-refractivity contribution >= 4 is 10.9 Å². The first-order valence-corrected chi connectivity index (χ1v) is 15.5. The van der Waals surface area contributed by atoms with E-state index in [1.165, 1.54) is 10.9 Å². The van der Waals surface area contributed by atoms with E-state index >= 15 is 0 Å². The van der Waals surface area contributed by atoms with Gasteiger partial charge in [-0.2, -0.15) is 0 Å². The molecule has 0 amide bonds. The van der Waals surface area contributed by atoms with Crippen LogP contribution in [-0.4, -0.2) is 20.6 Å². The summed E-state index contributed by atoms with van der Waals surface area (Å²) in [6.07, 6.45) is 8.51. The molecule has 0 N–H and O–H groups in total. The third-order valence-corrected chi connectivity index (χ3v) is 8.84. The Morgan fingerprint density at radius 1 is 0.674 bits per heavy atom. The maximum atomic E-state index is 6.75. The number of para-hydroxylation sites is 2. The van der Waals surface area contributed by atoms with Crippen molar-refractivity contribution in [2.75, 3.05) is 0 Å². The molecule has 0 saturated carbocycles. The van der Waals surface area contributed by atoms with Gasteiger partial charge in [0.05, 0.1) is 22.5 Å². The fourth-order valence-electron chi connectivity index (χ4n) is 6.82. The van der Waals surface area contributed by atoms with Crippen molar-refractivity contribution < 1.29 is 4.74 Å². The molecular weight excluding hydrogens is 562 g/mol. The molecule has 2 unspecified atom stereocenters. The second-order valence-corrected chi connectivity index (χ2v) is 11.5. The van der Waals surface area contributed by atoms with Crippen molar-refractivity contribution in [1.82, 2.24) is 14.5 Å². The average molecular weight is 590 g/mol. The first kappa shape index (κ1) is 26.2. The minimum atomic E-state index is -0.137. The molecule has 0 saturated heterocycles. The van der Waals surface area contributed by atoms with E-state index in [0.717, 1.165) is 56.3 Å². The zero-order chi connectivity index (χ0) is 30.5. The van der Waals surface area contributed by atoms with Gasteiger partial charge in [0.1, 0.15) is 17.7 Å². The van der Waals surface area contributed by atoms with E-state index in [4.69, 9.17) is 14.7 Å². The van der Waals surface area contributed by atoms with Gasteiger partial charge in [0.2, 0.25) is 0 Å². The second kappa shape index (κ2) is 10.8. The van der Waals surface area contributed by atoms with E-state index < -0.39 is 0 Å². The van der Waals surface area contributed by atoms with Crippen LogP contribution >= 0.6 is 0 Å². The van der Waals surface area contributed by atoms with Crippen LogP contribution in [-0.2, 0) is 0 Å². The van der Waals surface area contributed by atoms with Gasteiger partial charge in [-0.1, -0.05) is 127 Å². The molecule has 5 aromatic carbocycles. The zero-order valence-corrected chi connectivity index (χ0v) is 24.8. The number of fused-ring (bicyclic) bond motifs is 7. The molecule has 2 aromatic heterocycles. The second-order valence-electron chi connectivity index (χ2n) is 11.5. The minimum absolute atomic E-state index is 0.00846. The summed E-state index contributed by atoms with van der Waals surface area (Å²) in [6, 6.07) is 50.1. The van der Waals surface area contributed by atoms with Gasteiger partial charge in [-0.15, -0.1) is 0 Å². The number of nitrogens with zero attached hydrogens (tertiary/aromatic N) is 3. The van der Waals surface area contributed by atoms with Gasteiger partial charge in [0.15, 0.2) is 5.82 Å². The number of benzene rings is 4. The van der Waals surface area contributed by atoms with Gasteiger partial charge >= 0.3 is 0 Å². The standard InChI is InChI=1S/C42H27N3O/c1-4-15-28(16-5-1)31-23-14-24-34-39-32-21-10-12-25-36(32)46-37-26-13-11-22-33(37)41(39)45(40(31)34)38-27-35(29-17-6-2-7-18-29)43-42(44-38)30-19-8-3-9-20-30/h1-6,8-17,19-27,32,36H. The zero-order valence-electron chi connectivity index (χ0n) is 24.8. The molecule has 1 aliphatic carbocycles. The molecular formula is C42H27N3O. The average Bonchev–Trinajstić information content (AvgIpc) is 3.40. The smallest absolute Gasteiger partial charge is 0.162 e. The maximum absolute atomic E-state index is 6.75. The topological polar surface area (TPSA) is 39.9 Å². The lowest BCUT2D eigenvalue weighted by molar-refractivity contribution is 0.236. The number of aromatic nitrogens is 3. The van der Waals surface area contributed by atoms with E-state index in [9.17, 15) is 0 Å². The summed E-state index contributed by atoms with van der Waals surface area (Å²) in [5, 5.41) is 1.17. The highest BCUT2D eigenvalue weighted by atomic mass is 16.5. The lowest BCUT2D eigenvalue weighted by Gasteiger charge is -2.23. The van der Waals surface area contributed by atoms with Crippen molar-refractivity contribution in [2.24, 2.45) is 0 Å². The molecule has 0 radical (unpaired) electrons. The molecule has 2 atom stereocenters.